The zero-order valence-corrected chi connectivity index (χ0v) is 16.0. The minimum atomic E-state index is -0.467. The van der Waals surface area contributed by atoms with E-state index in [1.165, 1.54) is 24.3 Å². The van der Waals surface area contributed by atoms with E-state index >= 15 is 0 Å². The van der Waals surface area contributed by atoms with Gasteiger partial charge < -0.3 is 9.84 Å². The summed E-state index contributed by atoms with van der Waals surface area (Å²) in [5, 5.41) is 30.3. The van der Waals surface area contributed by atoms with E-state index < -0.39 is 9.85 Å². The third-order valence-electron chi connectivity index (χ3n) is 3.89. The van der Waals surface area contributed by atoms with Gasteiger partial charge in [-0.3, -0.25) is 20.2 Å². The number of rotatable bonds is 5. The molecule has 0 atom stereocenters. The van der Waals surface area contributed by atoms with Gasteiger partial charge in [0.25, 0.3) is 11.4 Å². The Balaban J connectivity index is 0.000000271. The second kappa shape index (κ2) is 9.51. The Labute approximate surface area is 157 Å². The molecule has 0 spiro atoms. The molecule has 0 saturated carbocycles. The Kier molecular flexibility index (Phi) is 7.71. The summed E-state index contributed by atoms with van der Waals surface area (Å²) in [7, 11) is 1.56. The number of hydrogen-bond acceptors (Lipinski definition) is 6. The molecule has 0 aromatic heterocycles. The minimum Gasteiger partial charge on any atom is -0.508 e. The number of non-ortho nitro benzene ring substituents is 2. The van der Waals surface area contributed by atoms with Crippen molar-refractivity contribution >= 4 is 11.4 Å². The molecular weight excluding hydrogens is 352 g/mol. The molecule has 0 aliphatic heterocycles. The number of ether oxygens (including phenoxy) is 1. The average molecular weight is 376 g/mol. The first-order valence-electron chi connectivity index (χ1n) is 8.38. The number of methoxy groups -OCH3 is 1. The van der Waals surface area contributed by atoms with Crippen molar-refractivity contribution in [2.45, 2.75) is 39.5 Å². The highest BCUT2D eigenvalue weighted by atomic mass is 16.6. The van der Waals surface area contributed by atoms with Crippen LogP contribution in [-0.4, -0.2) is 22.1 Å². The molecule has 1 N–H and O–H groups in total. The van der Waals surface area contributed by atoms with E-state index in [0.717, 1.165) is 5.56 Å². The molecule has 0 amide bonds. The molecule has 0 aliphatic rings. The Bertz CT molecular complexity index is 818. The summed E-state index contributed by atoms with van der Waals surface area (Å²) in [6.45, 7) is 7.70. The second-order valence-corrected chi connectivity index (χ2v) is 6.49. The summed E-state index contributed by atoms with van der Waals surface area (Å²) in [6.07, 6.45) is 0. The summed E-state index contributed by atoms with van der Waals surface area (Å²) in [6, 6.07) is 8.69. The van der Waals surface area contributed by atoms with Gasteiger partial charge in [0.2, 0.25) is 0 Å². The third-order valence-corrected chi connectivity index (χ3v) is 3.89. The lowest BCUT2D eigenvalue weighted by molar-refractivity contribution is -0.385. The lowest BCUT2D eigenvalue weighted by Crippen LogP contribution is -1.96. The summed E-state index contributed by atoms with van der Waals surface area (Å²) in [5.74, 6) is 1.11. The third kappa shape index (κ3) is 5.95. The van der Waals surface area contributed by atoms with E-state index in [0.29, 0.717) is 11.3 Å². The summed E-state index contributed by atoms with van der Waals surface area (Å²) in [4.78, 5) is 20.1. The van der Waals surface area contributed by atoms with Gasteiger partial charge >= 0.3 is 0 Å². The minimum absolute atomic E-state index is 0.0153. The molecule has 146 valence electrons. The number of hydrogen-bond donors (Lipinski definition) is 1. The molecule has 0 unspecified atom stereocenters. The molecule has 0 fully saturated rings. The van der Waals surface area contributed by atoms with Crippen LogP contribution in [-0.2, 0) is 0 Å². The van der Waals surface area contributed by atoms with Crippen LogP contribution >= 0.6 is 0 Å². The van der Waals surface area contributed by atoms with Gasteiger partial charge in [0.1, 0.15) is 11.5 Å². The molecule has 0 aliphatic carbocycles. The zero-order chi connectivity index (χ0) is 20.7. The molecule has 8 nitrogen and oxygen atoms in total. The fourth-order valence-electron chi connectivity index (χ4n) is 2.40. The molecule has 2 rings (SSSR count). The average Bonchev–Trinajstić information content (AvgIpc) is 2.61. The van der Waals surface area contributed by atoms with Crippen LogP contribution < -0.4 is 4.74 Å². The maximum Gasteiger partial charge on any atom is 0.269 e. The quantitative estimate of drug-likeness (QED) is 0.570. The first-order chi connectivity index (χ1) is 12.6. The summed E-state index contributed by atoms with van der Waals surface area (Å²) >= 11 is 0. The van der Waals surface area contributed by atoms with Crippen molar-refractivity contribution in [2.75, 3.05) is 7.11 Å². The molecule has 2 aromatic carbocycles. The summed E-state index contributed by atoms with van der Waals surface area (Å²) in [5.41, 5.74) is 1.59. The Morgan fingerprint density at radius 3 is 1.70 bits per heavy atom. The number of nitro groups is 2. The molecule has 0 radical (unpaired) electrons. The number of phenols is 1. The van der Waals surface area contributed by atoms with Gasteiger partial charge in [-0.05, 0) is 24.0 Å². The van der Waals surface area contributed by atoms with Gasteiger partial charge in [0, 0.05) is 35.4 Å². The smallest absolute Gasteiger partial charge is 0.269 e. The van der Waals surface area contributed by atoms with Crippen molar-refractivity contribution < 1.29 is 19.7 Å². The number of nitrogens with zero attached hydrogens (tertiary/aromatic N) is 2. The Hall–Kier alpha value is -3.16. The van der Waals surface area contributed by atoms with Gasteiger partial charge in [-0.1, -0.05) is 27.7 Å². The molecule has 0 saturated heterocycles. The van der Waals surface area contributed by atoms with E-state index in [2.05, 4.69) is 0 Å². The molecule has 0 bridgehead atoms. The molecule has 0 heterocycles. The lowest BCUT2D eigenvalue weighted by atomic mass is 10.0. The first kappa shape index (κ1) is 21.9. The van der Waals surface area contributed by atoms with Gasteiger partial charge in [0.05, 0.1) is 17.0 Å². The van der Waals surface area contributed by atoms with Crippen LogP contribution in [0.15, 0.2) is 36.4 Å². The van der Waals surface area contributed by atoms with Gasteiger partial charge in [-0.25, -0.2) is 0 Å². The Morgan fingerprint density at radius 1 is 0.852 bits per heavy atom. The largest absolute Gasteiger partial charge is 0.508 e. The van der Waals surface area contributed by atoms with Crippen LogP contribution in [0.3, 0.4) is 0 Å². The van der Waals surface area contributed by atoms with Crippen LogP contribution in [0.25, 0.3) is 0 Å². The van der Waals surface area contributed by atoms with Gasteiger partial charge in [-0.2, -0.15) is 0 Å². The van der Waals surface area contributed by atoms with Gasteiger partial charge in [0.15, 0.2) is 0 Å². The van der Waals surface area contributed by atoms with E-state index in [4.69, 9.17) is 4.74 Å². The van der Waals surface area contributed by atoms with E-state index in [1.807, 2.05) is 27.7 Å². The fraction of sp³-hybridized carbons (Fsp3) is 0.368. The zero-order valence-electron chi connectivity index (χ0n) is 16.0. The van der Waals surface area contributed by atoms with Crippen molar-refractivity contribution in [3.63, 3.8) is 0 Å². The predicted octanol–water partition coefficient (Wildman–Crippen LogP) is 5.15. The normalized spacial score (nSPS) is 10.3. The molecule has 27 heavy (non-hydrogen) atoms. The van der Waals surface area contributed by atoms with Crippen LogP contribution in [0.1, 0.15) is 50.7 Å². The first-order valence-corrected chi connectivity index (χ1v) is 8.38. The highest BCUT2D eigenvalue weighted by Crippen LogP contribution is 2.30. The second-order valence-electron chi connectivity index (χ2n) is 6.49. The number of aromatic hydroxyl groups is 1. The maximum atomic E-state index is 10.5. The van der Waals surface area contributed by atoms with Crippen molar-refractivity contribution in [2.24, 2.45) is 0 Å². The summed E-state index contributed by atoms with van der Waals surface area (Å²) < 4.78 is 5.12. The van der Waals surface area contributed by atoms with E-state index in [-0.39, 0.29) is 29.0 Å². The van der Waals surface area contributed by atoms with E-state index in [1.54, 1.807) is 19.2 Å². The highest BCUT2D eigenvalue weighted by Gasteiger charge is 2.13. The SMILES string of the molecule is CC(C)c1cc([N+](=O)[O-])ccc1O.COc1ccc([N+](=O)[O-])cc1C(C)C. The van der Waals surface area contributed by atoms with Crippen molar-refractivity contribution in [3.8, 4) is 11.5 Å². The van der Waals surface area contributed by atoms with Gasteiger partial charge in [-0.15, -0.1) is 0 Å². The molecule has 2 aromatic rings. The molecular formula is C19H24N2O6. The fourth-order valence-corrected chi connectivity index (χ4v) is 2.40. The van der Waals surface area contributed by atoms with Crippen LogP contribution in [0.5, 0.6) is 11.5 Å². The Morgan fingerprint density at radius 2 is 1.30 bits per heavy atom. The van der Waals surface area contributed by atoms with E-state index in [9.17, 15) is 25.3 Å². The van der Waals surface area contributed by atoms with Crippen LogP contribution in [0.4, 0.5) is 11.4 Å². The maximum absolute atomic E-state index is 10.5. The molecule has 8 heteroatoms. The topological polar surface area (TPSA) is 116 Å². The van der Waals surface area contributed by atoms with Crippen molar-refractivity contribution in [1.82, 2.24) is 0 Å². The standard InChI is InChI=1S/C10H13NO3.C9H11NO3/c1-7(2)9-6-8(11(12)13)4-5-10(9)14-3;1-6(2)8-5-7(10(12)13)3-4-9(8)11/h4-7H,1-3H3;3-6,11H,1-2H3. The number of nitro benzene ring substituents is 2. The highest BCUT2D eigenvalue weighted by molar-refractivity contribution is 5.45. The van der Waals surface area contributed by atoms with Crippen LogP contribution in [0, 0.1) is 20.2 Å². The lowest BCUT2D eigenvalue weighted by Gasteiger charge is -2.10. The number of benzene rings is 2. The number of phenolic OH excluding ortho intramolecular Hbond substituents is 1. The monoisotopic (exact) mass is 376 g/mol. The predicted molar refractivity (Wildman–Crippen MR) is 103 cm³/mol. The van der Waals surface area contributed by atoms with Crippen molar-refractivity contribution in [3.05, 3.63) is 67.8 Å². The van der Waals surface area contributed by atoms with Crippen molar-refractivity contribution in [1.29, 1.82) is 0 Å². The van der Waals surface area contributed by atoms with Crippen LogP contribution in [0.2, 0.25) is 0 Å².